The van der Waals surface area contributed by atoms with Crippen molar-refractivity contribution in [1.82, 2.24) is 5.32 Å². The maximum atomic E-state index is 12.0. The molecule has 6 nitrogen and oxygen atoms in total. The van der Waals surface area contributed by atoms with Crippen LogP contribution in [0, 0.1) is 0 Å². The molecule has 0 unspecified atom stereocenters. The Labute approximate surface area is 156 Å². The molecule has 0 aliphatic heterocycles. The molecule has 2 rings (SSSR count). The molecule has 0 fully saturated rings. The number of carbonyl (C=O) groups is 3. The average Bonchev–Trinajstić information content (AvgIpc) is 3.19. The Morgan fingerprint density at radius 1 is 1.08 bits per heavy atom. The first kappa shape index (κ1) is 19.7. The van der Waals surface area contributed by atoms with Crippen LogP contribution in [-0.2, 0) is 9.53 Å². The molecular weight excluding hydrogens is 352 g/mol. The fourth-order valence-electron chi connectivity index (χ4n) is 2.27. The molecular formula is C19H22N2O4S. The molecule has 2 amide bonds. The van der Waals surface area contributed by atoms with E-state index in [2.05, 4.69) is 10.6 Å². The highest BCUT2D eigenvalue weighted by Gasteiger charge is 2.13. The largest absolute Gasteiger partial charge is 0.452 e. The van der Waals surface area contributed by atoms with E-state index in [1.807, 2.05) is 19.2 Å². The maximum absolute atomic E-state index is 12.0. The lowest BCUT2D eigenvalue weighted by Crippen LogP contribution is -2.36. The normalized spacial score (nSPS) is 10.4. The number of hydrogen-bond acceptors (Lipinski definition) is 5. The monoisotopic (exact) mass is 374 g/mol. The fraction of sp³-hybridized carbons (Fsp3) is 0.316. The predicted molar refractivity (Wildman–Crippen MR) is 102 cm³/mol. The first-order valence-electron chi connectivity index (χ1n) is 8.44. The molecule has 2 aromatic rings. The molecule has 0 radical (unpaired) electrons. The Morgan fingerprint density at radius 2 is 1.77 bits per heavy atom. The van der Waals surface area contributed by atoms with E-state index in [4.69, 9.17) is 4.74 Å². The van der Waals surface area contributed by atoms with Gasteiger partial charge in [0.25, 0.3) is 11.8 Å². The van der Waals surface area contributed by atoms with Gasteiger partial charge in [0.2, 0.25) is 0 Å². The summed E-state index contributed by atoms with van der Waals surface area (Å²) < 4.78 is 5.02. The van der Waals surface area contributed by atoms with E-state index in [9.17, 15) is 14.4 Å². The fourth-order valence-corrected chi connectivity index (χ4v) is 2.89. The molecule has 0 atom stereocenters. The van der Waals surface area contributed by atoms with E-state index in [0.29, 0.717) is 16.1 Å². The molecule has 0 bridgehead atoms. The van der Waals surface area contributed by atoms with Gasteiger partial charge in [0.1, 0.15) is 0 Å². The van der Waals surface area contributed by atoms with Gasteiger partial charge in [-0.25, -0.2) is 4.79 Å². The van der Waals surface area contributed by atoms with Crippen LogP contribution in [0.2, 0.25) is 0 Å². The van der Waals surface area contributed by atoms with Gasteiger partial charge in [-0.15, -0.1) is 11.3 Å². The zero-order valence-electron chi connectivity index (χ0n) is 14.8. The molecule has 26 heavy (non-hydrogen) atoms. The first-order chi connectivity index (χ1) is 12.5. The van der Waals surface area contributed by atoms with Gasteiger partial charge in [0.15, 0.2) is 6.61 Å². The summed E-state index contributed by atoms with van der Waals surface area (Å²) in [6.45, 7) is 3.66. The summed E-state index contributed by atoms with van der Waals surface area (Å²) >= 11 is 1.35. The zero-order valence-corrected chi connectivity index (χ0v) is 15.6. The number of amides is 2. The number of benzene rings is 1. The van der Waals surface area contributed by atoms with E-state index in [-0.39, 0.29) is 24.5 Å². The Balaban J connectivity index is 1.84. The number of rotatable bonds is 8. The van der Waals surface area contributed by atoms with E-state index in [0.717, 1.165) is 12.8 Å². The van der Waals surface area contributed by atoms with Crippen LogP contribution in [0.1, 0.15) is 46.7 Å². The summed E-state index contributed by atoms with van der Waals surface area (Å²) in [4.78, 5) is 36.3. The molecule has 7 heteroatoms. The number of ether oxygens (including phenoxy) is 1. The third-order valence-corrected chi connectivity index (χ3v) is 4.68. The summed E-state index contributed by atoms with van der Waals surface area (Å²) in [5.74, 6) is -1.10. The molecule has 0 spiro atoms. The van der Waals surface area contributed by atoms with Gasteiger partial charge in [-0.05, 0) is 48.6 Å². The second-order valence-electron chi connectivity index (χ2n) is 5.67. The molecule has 0 aliphatic carbocycles. The maximum Gasteiger partial charge on any atom is 0.338 e. The minimum atomic E-state index is -0.583. The van der Waals surface area contributed by atoms with Gasteiger partial charge in [0.05, 0.1) is 10.4 Å². The smallest absolute Gasteiger partial charge is 0.338 e. The van der Waals surface area contributed by atoms with Crippen LogP contribution in [0.3, 0.4) is 0 Å². The van der Waals surface area contributed by atoms with Crippen molar-refractivity contribution in [2.75, 3.05) is 11.9 Å². The van der Waals surface area contributed by atoms with Crippen LogP contribution in [0.25, 0.3) is 0 Å². The van der Waals surface area contributed by atoms with Crippen molar-refractivity contribution in [3.05, 3.63) is 52.2 Å². The van der Waals surface area contributed by atoms with Gasteiger partial charge < -0.3 is 15.4 Å². The predicted octanol–water partition coefficient (Wildman–Crippen LogP) is 3.46. The Morgan fingerprint density at radius 3 is 2.35 bits per heavy atom. The summed E-state index contributed by atoms with van der Waals surface area (Å²) in [6.07, 6.45) is 1.66. The lowest BCUT2D eigenvalue weighted by atomic mass is 10.2. The highest BCUT2D eigenvalue weighted by molar-refractivity contribution is 7.12. The lowest BCUT2D eigenvalue weighted by molar-refractivity contribution is -0.125. The van der Waals surface area contributed by atoms with Crippen molar-refractivity contribution < 1.29 is 19.1 Å². The van der Waals surface area contributed by atoms with E-state index in [1.54, 1.807) is 36.4 Å². The van der Waals surface area contributed by atoms with Crippen LogP contribution in [0.4, 0.5) is 5.69 Å². The summed E-state index contributed by atoms with van der Waals surface area (Å²) in [5.41, 5.74) is 0.890. The Kier molecular flexibility index (Phi) is 7.35. The minimum absolute atomic E-state index is 0.0902. The van der Waals surface area contributed by atoms with Gasteiger partial charge in [-0.1, -0.05) is 19.9 Å². The van der Waals surface area contributed by atoms with Crippen LogP contribution < -0.4 is 10.6 Å². The molecule has 1 aromatic carbocycles. The number of hydrogen-bond donors (Lipinski definition) is 2. The third kappa shape index (κ3) is 5.70. The SMILES string of the molecule is CCC(CC)NC(=O)COC(=O)c1ccc(NC(=O)c2cccs2)cc1. The number of thiophene rings is 1. The summed E-state index contributed by atoms with van der Waals surface area (Å²) in [5, 5.41) is 7.38. The molecule has 1 heterocycles. The van der Waals surface area contributed by atoms with Gasteiger partial charge >= 0.3 is 5.97 Å². The van der Waals surface area contributed by atoms with Crippen LogP contribution in [0.15, 0.2) is 41.8 Å². The molecule has 1 aromatic heterocycles. The van der Waals surface area contributed by atoms with Crippen molar-refractivity contribution >= 4 is 34.8 Å². The van der Waals surface area contributed by atoms with E-state index in [1.165, 1.54) is 11.3 Å². The van der Waals surface area contributed by atoms with Crippen LogP contribution in [0.5, 0.6) is 0 Å². The molecule has 138 valence electrons. The lowest BCUT2D eigenvalue weighted by Gasteiger charge is -2.14. The highest BCUT2D eigenvalue weighted by Crippen LogP contribution is 2.14. The number of carbonyl (C=O) groups excluding carboxylic acids is 3. The van der Waals surface area contributed by atoms with Crippen LogP contribution in [-0.4, -0.2) is 30.4 Å². The number of anilines is 1. The third-order valence-electron chi connectivity index (χ3n) is 3.81. The summed E-state index contributed by atoms with van der Waals surface area (Å²) in [7, 11) is 0. The molecule has 2 N–H and O–H groups in total. The van der Waals surface area contributed by atoms with Crippen molar-refractivity contribution in [3.63, 3.8) is 0 Å². The second kappa shape index (κ2) is 9.72. The van der Waals surface area contributed by atoms with Gasteiger partial charge in [-0.2, -0.15) is 0 Å². The van der Waals surface area contributed by atoms with E-state index < -0.39 is 5.97 Å². The quantitative estimate of drug-likeness (QED) is 0.693. The second-order valence-corrected chi connectivity index (χ2v) is 6.61. The Hall–Kier alpha value is -2.67. The van der Waals surface area contributed by atoms with Crippen molar-refractivity contribution in [2.24, 2.45) is 0 Å². The number of nitrogens with one attached hydrogen (secondary N) is 2. The van der Waals surface area contributed by atoms with Gasteiger partial charge in [0, 0.05) is 11.7 Å². The molecule has 0 aliphatic rings. The molecule has 0 saturated carbocycles. The van der Waals surface area contributed by atoms with Crippen molar-refractivity contribution in [1.29, 1.82) is 0 Å². The van der Waals surface area contributed by atoms with Crippen molar-refractivity contribution in [3.8, 4) is 0 Å². The van der Waals surface area contributed by atoms with Crippen LogP contribution >= 0.6 is 11.3 Å². The number of esters is 1. The average molecular weight is 374 g/mol. The topological polar surface area (TPSA) is 84.5 Å². The van der Waals surface area contributed by atoms with E-state index >= 15 is 0 Å². The van der Waals surface area contributed by atoms with Crippen molar-refractivity contribution in [2.45, 2.75) is 32.7 Å². The highest BCUT2D eigenvalue weighted by atomic mass is 32.1. The first-order valence-corrected chi connectivity index (χ1v) is 9.32. The minimum Gasteiger partial charge on any atom is -0.452 e. The molecule has 0 saturated heterocycles. The van der Waals surface area contributed by atoms with Gasteiger partial charge in [-0.3, -0.25) is 9.59 Å². The zero-order chi connectivity index (χ0) is 18.9. The summed E-state index contributed by atoms with van der Waals surface area (Å²) in [6, 6.07) is 9.96. The Bertz CT molecular complexity index is 737. The standard InChI is InChI=1S/C19H22N2O4S/c1-3-14(4-2)20-17(22)12-25-19(24)13-7-9-15(10-8-13)21-18(23)16-6-5-11-26-16/h5-11,14H,3-4,12H2,1-2H3,(H,20,22)(H,21,23).